The Kier molecular flexibility index (Phi) is 2.33. The molecule has 0 aliphatic carbocycles. The van der Waals surface area contributed by atoms with Crippen molar-refractivity contribution in [3.8, 4) is 0 Å². The number of nitrogens with zero attached hydrogens (tertiary/aromatic N) is 2. The van der Waals surface area contributed by atoms with Crippen molar-refractivity contribution in [3.05, 3.63) is 17.0 Å². The number of hydrogen-bond donors (Lipinski definition) is 2. The Morgan fingerprint density at radius 3 is 3.23 bits per heavy atom. The topological polar surface area (TPSA) is 50.1 Å². The second-order valence-electron chi connectivity index (χ2n) is 3.38. The monoisotopic (exact) mass is 181 g/mol. The molecule has 1 aliphatic rings. The minimum Gasteiger partial charge on any atom is -0.394 e. The van der Waals surface area contributed by atoms with Gasteiger partial charge in [-0.15, -0.1) is 0 Å². The zero-order valence-corrected chi connectivity index (χ0v) is 7.88. The Labute approximate surface area is 77.6 Å². The number of aliphatic hydroxyl groups is 1. The number of hydrogen-bond acceptors (Lipinski definition) is 3. The van der Waals surface area contributed by atoms with E-state index in [1.54, 1.807) is 0 Å². The summed E-state index contributed by atoms with van der Waals surface area (Å²) in [6.45, 7) is 4.73. The van der Waals surface area contributed by atoms with Crippen LogP contribution in [0.15, 0.2) is 0 Å². The molecular formula is C9H15N3O. The van der Waals surface area contributed by atoms with Gasteiger partial charge in [0.15, 0.2) is 0 Å². The molecule has 0 unspecified atom stereocenters. The van der Waals surface area contributed by atoms with Gasteiger partial charge in [0.1, 0.15) is 0 Å². The second-order valence-corrected chi connectivity index (χ2v) is 3.38. The fourth-order valence-corrected chi connectivity index (χ4v) is 1.89. The minimum atomic E-state index is 0.160. The highest BCUT2D eigenvalue weighted by molar-refractivity contribution is 5.27. The molecule has 0 radical (unpaired) electrons. The second kappa shape index (κ2) is 3.47. The Morgan fingerprint density at radius 2 is 2.46 bits per heavy atom. The highest BCUT2D eigenvalue weighted by Gasteiger charge is 2.17. The normalized spacial score (nSPS) is 15.8. The van der Waals surface area contributed by atoms with E-state index >= 15 is 0 Å². The Hall–Kier alpha value is -0.870. The lowest BCUT2D eigenvalue weighted by Crippen LogP contribution is -2.25. The maximum atomic E-state index is 8.85. The Bertz CT molecular complexity index is 306. The Balaban J connectivity index is 2.36. The van der Waals surface area contributed by atoms with E-state index in [0.717, 1.165) is 25.2 Å². The lowest BCUT2D eigenvalue weighted by molar-refractivity contribution is 0.266. The molecule has 0 aromatic carbocycles. The summed E-state index contributed by atoms with van der Waals surface area (Å²) in [7, 11) is 0. The molecule has 0 saturated carbocycles. The zero-order chi connectivity index (χ0) is 9.26. The first-order valence-electron chi connectivity index (χ1n) is 4.69. The SMILES string of the molecule is Cc1nn(CCO)c2c1CCNC2. The van der Waals surface area contributed by atoms with Gasteiger partial charge in [0.25, 0.3) is 0 Å². The molecule has 1 aromatic rings. The van der Waals surface area contributed by atoms with Crippen molar-refractivity contribution in [2.75, 3.05) is 13.2 Å². The number of aromatic nitrogens is 2. The van der Waals surface area contributed by atoms with Gasteiger partial charge in [-0.05, 0) is 25.5 Å². The molecule has 72 valence electrons. The average Bonchev–Trinajstić information content (AvgIpc) is 2.46. The van der Waals surface area contributed by atoms with E-state index in [1.165, 1.54) is 11.3 Å². The van der Waals surface area contributed by atoms with Gasteiger partial charge in [-0.3, -0.25) is 4.68 Å². The molecule has 2 rings (SSSR count). The first kappa shape index (κ1) is 8.72. The highest BCUT2D eigenvalue weighted by Crippen LogP contribution is 2.17. The summed E-state index contributed by atoms with van der Waals surface area (Å²) >= 11 is 0. The van der Waals surface area contributed by atoms with Crippen LogP contribution < -0.4 is 5.32 Å². The van der Waals surface area contributed by atoms with Crippen LogP contribution in [-0.2, 0) is 19.5 Å². The fourth-order valence-electron chi connectivity index (χ4n) is 1.89. The number of aliphatic hydroxyl groups excluding tert-OH is 1. The molecule has 4 nitrogen and oxygen atoms in total. The zero-order valence-electron chi connectivity index (χ0n) is 7.88. The van der Waals surface area contributed by atoms with Gasteiger partial charge in [-0.2, -0.15) is 5.10 Å². The molecule has 2 N–H and O–H groups in total. The van der Waals surface area contributed by atoms with Crippen LogP contribution in [0.3, 0.4) is 0 Å². The van der Waals surface area contributed by atoms with Crippen molar-refractivity contribution >= 4 is 0 Å². The summed E-state index contributed by atoms with van der Waals surface area (Å²) in [4.78, 5) is 0. The molecule has 2 heterocycles. The van der Waals surface area contributed by atoms with Crippen LogP contribution in [0.1, 0.15) is 17.0 Å². The van der Waals surface area contributed by atoms with E-state index < -0.39 is 0 Å². The lowest BCUT2D eigenvalue weighted by Gasteiger charge is -2.14. The van der Waals surface area contributed by atoms with Crippen molar-refractivity contribution < 1.29 is 5.11 Å². The van der Waals surface area contributed by atoms with Gasteiger partial charge in [0.2, 0.25) is 0 Å². The molecule has 1 aliphatic heterocycles. The summed E-state index contributed by atoms with van der Waals surface area (Å²) in [6.07, 6.45) is 1.06. The van der Waals surface area contributed by atoms with Gasteiger partial charge >= 0.3 is 0 Å². The molecule has 4 heteroatoms. The van der Waals surface area contributed by atoms with E-state index in [-0.39, 0.29) is 6.61 Å². The first-order valence-corrected chi connectivity index (χ1v) is 4.69. The standard InChI is InChI=1S/C9H15N3O/c1-7-8-2-3-10-6-9(8)12(11-7)4-5-13/h10,13H,2-6H2,1H3. The molecule has 0 fully saturated rings. The van der Waals surface area contributed by atoms with Crippen LogP contribution in [0.2, 0.25) is 0 Å². The molecule has 13 heavy (non-hydrogen) atoms. The molecule has 0 amide bonds. The number of rotatable bonds is 2. The molecular weight excluding hydrogens is 166 g/mol. The predicted octanol–water partition coefficient (Wildman–Crippen LogP) is -0.170. The number of nitrogens with one attached hydrogen (secondary N) is 1. The summed E-state index contributed by atoms with van der Waals surface area (Å²) in [5.41, 5.74) is 3.73. The van der Waals surface area contributed by atoms with Crippen LogP contribution in [-0.4, -0.2) is 28.0 Å². The molecule has 0 atom stereocenters. The third-order valence-electron chi connectivity index (χ3n) is 2.52. The summed E-state index contributed by atoms with van der Waals surface area (Å²) in [5, 5.41) is 16.6. The van der Waals surface area contributed by atoms with E-state index in [1.807, 2.05) is 11.6 Å². The van der Waals surface area contributed by atoms with Crippen LogP contribution >= 0.6 is 0 Å². The van der Waals surface area contributed by atoms with Crippen molar-refractivity contribution in [1.82, 2.24) is 15.1 Å². The molecule has 0 spiro atoms. The summed E-state index contributed by atoms with van der Waals surface area (Å²) in [6, 6.07) is 0. The fraction of sp³-hybridized carbons (Fsp3) is 0.667. The number of fused-ring (bicyclic) bond motifs is 1. The quantitative estimate of drug-likeness (QED) is 0.666. The van der Waals surface area contributed by atoms with Gasteiger partial charge < -0.3 is 10.4 Å². The smallest absolute Gasteiger partial charge is 0.0644 e. The lowest BCUT2D eigenvalue weighted by atomic mass is 10.1. The first-order chi connectivity index (χ1) is 6.33. The van der Waals surface area contributed by atoms with Gasteiger partial charge in [-0.25, -0.2) is 0 Å². The maximum Gasteiger partial charge on any atom is 0.0644 e. The molecule has 1 aromatic heterocycles. The van der Waals surface area contributed by atoms with Gasteiger partial charge in [0.05, 0.1) is 24.5 Å². The highest BCUT2D eigenvalue weighted by atomic mass is 16.3. The average molecular weight is 181 g/mol. The Morgan fingerprint density at radius 1 is 1.62 bits per heavy atom. The van der Waals surface area contributed by atoms with Crippen molar-refractivity contribution in [3.63, 3.8) is 0 Å². The minimum absolute atomic E-state index is 0.160. The molecule has 0 saturated heterocycles. The predicted molar refractivity (Wildman–Crippen MR) is 49.5 cm³/mol. The van der Waals surface area contributed by atoms with Crippen LogP contribution in [0, 0.1) is 6.92 Å². The largest absolute Gasteiger partial charge is 0.394 e. The van der Waals surface area contributed by atoms with E-state index in [9.17, 15) is 0 Å². The van der Waals surface area contributed by atoms with Gasteiger partial charge in [-0.1, -0.05) is 0 Å². The van der Waals surface area contributed by atoms with Gasteiger partial charge in [0, 0.05) is 6.54 Å². The third kappa shape index (κ3) is 1.47. The van der Waals surface area contributed by atoms with Crippen molar-refractivity contribution in [1.29, 1.82) is 0 Å². The molecule has 0 bridgehead atoms. The van der Waals surface area contributed by atoms with Crippen LogP contribution in [0.25, 0.3) is 0 Å². The van der Waals surface area contributed by atoms with Crippen LogP contribution in [0.5, 0.6) is 0 Å². The summed E-state index contributed by atoms with van der Waals surface area (Å²) < 4.78 is 1.91. The van der Waals surface area contributed by atoms with Crippen molar-refractivity contribution in [2.45, 2.75) is 26.4 Å². The third-order valence-corrected chi connectivity index (χ3v) is 2.52. The van der Waals surface area contributed by atoms with Crippen molar-refractivity contribution in [2.24, 2.45) is 0 Å². The van der Waals surface area contributed by atoms with Crippen LogP contribution in [0.4, 0.5) is 0 Å². The maximum absolute atomic E-state index is 8.85. The summed E-state index contributed by atoms with van der Waals surface area (Å²) in [5.74, 6) is 0. The van der Waals surface area contributed by atoms with E-state index in [2.05, 4.69) is 10.4 Å². The van der Waals surface area contributed by atoms with E-state index in [4.69, 9.17) is 5.11 Å². The number of aryl methyl sites for hydroxylation is 1. The van der Waals surface area contributed by atoms with E-state index in [0.29, 0.717) is 6.54 Å².